The van der Waals surface area contributed by atoms with E-state index in [1.165, 1.54) is 23.9 Å². The number of carbonyl (C=O) groups is 1. The number of hydrogen-bond donors (Lipinski definition) is 2. The monoisotopic (exact) mass is 380 g/mol. The van der Waals surface area contributed by atoms with Crippen molar-refractivity contribution < 1.29 is 18.8 Å². The van der Waals surface area contributed by atoms with Crippen molar-refractivity contribution >= 4 is 17.2 Å². The van der Waals surface area contributed by atoms with E-state index < -0.39 is 11.5 Å². The number of aliphatic hydroxyl groups is 1. The van der Waals surface area contributed by atoms with E-state index in [0.29, 0.717) is 16.2 Å². The third-order valence-electron chi connectivity index (χ3n) is 4.23. The molecule has 0 spiro atoms. The Labute approximate surface area is 159 Å². The molecule has 136 valence electrons. The minimum absolute atomic E-state index is 0.0284. The van der Waals surface area contributed by atoms with Crippen LogP contribution in [-0.2, 0) is 5.60 Å². The van der Waals surface area contributed by atoms with Crippen LogP contribution in [0, 0.1) is 0 Å². The first kappa shape index (κ1) is 17.3. The molecule has 1 atom stereocenters. The summed E-state index contributed by atoms with van der Waals surface area (Å²) >= 11 is 1.40. The Morgan fingerprint density at radius 1 is 1.19 bits per heavy atom. The van der Waals surface area contributed by atoms with E-state index in [1.54, 1.807) is 12.1 Å². The van der Waals surface area contributed by atoms with E-state index in [1.807, 2.05) is 47.8 Å². The molecule has 27 heavy (non-hydrogen) atoms. The number of benzene rings is 1. The maximum Gasteiger partial charge on any atom is 0.273 e. The third kappa shape index (κ3) is 3.42. The molecule has 0 radical (unpaired) electrons. The van der Waals surface area contributed by atoms with Gasteiger partial charge in [0.1, 0.15) is 5.60 Å². The molecule has 3 aromatic heterocycles. The summed E-state index contributed by atoms with van der Waals surface area (Å²) in [6, 6.07) is 16.3. The minimum atomic E-state index is -1.39. The van der Waals surface area contributed by atoms with Crippen LogP contribution in [0.1, 0.15) is 20.9 Å². The zero-order valence-corrected chi connectivity index (χ0v) is 15.0. The normalized spacial score (nSPS) is 13.2. The van der Waals surface area contributed by atoms with Gasteiger partial charge in [-0.1, -0.05) is 41.6 Å². The maximum absolute atomic E-state index is 12.5. The molecule has 0 fully saturated rings. The van der Waals surface area contributed by atoms with Crippen molar-refractivity contribution in [1.29, 1.82) is 0 Å². The molecule has 7 heteroatoms. The number of amides is 1. The smallest absolute Gasteiger partial charge is 0.273 e. The van der Waals surface area contributed by atoms with Gasteiger partial charge >= 0.3 is 0 Å². The number of furan rings is 1. The molecule has 0 saturated carbocycles. The summed E-state index contributed by atoms with van der Waals surface area (Å²) in [5.41, 5.74) is 0.158. The predicted octanol–water partition coefficient (Wildman–Crippen LogP) is 3.66. The lowest BCUT2D eigenvalue weighted by molar-refractivity contribution is 0.0709. The number of rotatable bonds is 6. The molecule has 3 heterocycles. The average Bonchev–Trinajstić information content (AvgIpc) is 3.48. The van der Waals surface area contributed by atoms with Crippen molar-refractivity contribution in [2.24, 2.45) is 0 Å². The molecule has 1 aromatic carbocycles. The van der Waals surface area contributed by atoms with E-state index in [2.05, 4.69) is 10.5 Å². The minimum Gasteiger partial charge on any atom is -0.472 e. The van der Waals surface area contributed by atoms with E-state index in [9.17, 15) is 9.90 Å². The molecular weight excluding hydrogens is 364 g/mol. The number of nitrogens with zero attached hydrogens (tertiary/aromatic N) is 1. The summed E-state index contributed by atoms with van der Waals surface area (Å²) in [4.78, 5) is 13.2. The number of nitrogens with one attached hydrogen (secondary N) is 1. The van der Waals surface area contributed by atoms with E-state index >= 15 is 0 Å². The van der Waals surface area contributed by atoms with Crippen molar-refractivity contribution in [3.05, 3.63) is 88.6 Å². The molecule has 0 aliphatic heterocycles. The van der Waals surface area contributed by atoms with Gasteiger partial charge in [-0.3, -0.25) is 4.79 Å². The lowest BCUT2D eigenvalue weighted by atomic mass is 9.94. The topological polar surface area (TPSA) is 88.5 Å². The number of aromatic nitrogens is 1. The van der Waals surface area contributed by atoms with Crippen molar-refractivity contribution in [2.75, 3.05) is 6.54 Å². The van der Waals surface area contributed by atoms with Gasteiger partial charge in [0.15, 0.2) is 11.5 Å². The fourth-order valence-electron chi connectivity index (χ4n) is 2.76. The Bertz CT molecular complexity index is 973. The SMILES string of the molecule is O=C(NCC(O)(c1ccoc1)c1cccs1)c1cc(-c2ccccc2)on1. The van der Waals surface area contributed by atoms with Crippen molar-refractivity contribution in [3.8, 4) is 11.3 Å². The third-order valence-corrected chi connectivity index (χ3v) is 5.25. The van der Waals surface area contributed by atoms with Crippen LogP contribution in [0.2, 0.25) is 0 Å². The van der Waals surface area contributed by atoms with Crippen LogP contribution < -0.4 is 5.32 Å². The van der Waals surface area contributed by atoms with Crippen molar-refractivity contribution in [1.82, 2.24) is 10.5 Å². The maximum atomic E-state index is 12.5. The lowest BCUT2D eigenvalue weighted by Gasteiger charge is -2.26. The summed E-state index contributed by atoms with van der Waals surface area (Å²) in [7, 11) is 0. The van der Waals surface area contributed by atoms with Crippen LogP contribution in [0.4, 0.5) is 0 Å². The first-order valence-electron chi connectivity index (χ1n) is 8.26. The fraction of sp³-hybridized carbons (Fsp3) is 0.100. The first-order chi connectivity index (χ1) is 13.2. The van der Waals surface area contributed by atoms with E-state index in [-0.39, 0.29) is 12.2 Å². The highest BCUT2D eigenvalue weighted by Gasteiger charge is 2.34. The zero-order chi connectivity index (χ0) is 18.7. The molecule has 1 unspecified atom stereocenters. The van der Waals surface area contributed by atoms with Gasteiger partial charge in [-0.25, -0.2) is 0 Å². The Morgan fingerprint density at radius 3 is 2.74 bits per heavy atom. The van der Waals surface area contributed by atoms with Gasteiger partial charge < -0.3 is 19.4 Å². The van der Waals surface area contributed by atoms with E-state index in [4.69, 9.17) is 8.94 Å². The van der Waals surface area contributed by atoms with Gasteiger partial charge in [0, 0.05) is 22.1 Å². The van der Waals surface area contributed by atoms with Gasteiger partial charge in [-0.2, -0.15) is 0 Å². The Balaban J connectivity index is 1.52. The van der Waals surface area contributed by atoms with Gasteiger partial charge in [-0.15, -0.1) is 11.3 Å². The molecule has 2 N–H and O–H groups in total. The molecule has 1 amide bonds. The second-order valence-electron chi connectivity index (χ2n) is 5.97. The summed E-state index contributed by atoms with van der Waals surface area (Å²) in [5.74, 6) is 0.0727. The van der Waals surface area contributed by atoms with Crippen LogP contribution >= 0.6 is 11.3 Å². The van der Waals surface area contributed by atoms with Gasteiger partial charge in [0.2, 0.25) is 0 Å². The van der Waals surface area contributed by atoms with Gasteiger partial charge in [-0.05, 0) is 17.5 Å². The highest BCUT2D eigenvalue weighted by atomic mass is 32.1. The number of carbonyl (C=O) groups excluding carboxylic acids is 1. The largest absolute Gasteiger partial charge is 0.472 e. The quantitative estimate of drug-likeness (QED) is 0.533. The van der Waals surface area contributed by atoms with Crippen molar-refractivity contribution in [3.63, 3.8) is 0 Å². The zero-order valence-electron chi connectivity index (χ0n) is 14.2. The van der Waals surface area contributed by atoms with Crippen LogP contribution in [0.5, 0.6) is 0 Å². The van der Waals surface area contributed by atoms with Crippen LogP contribution in [0.3, 0.4) is 0 Å². The molecule has 4 aromatic rings. The van der Waals surface area contributed by atoms with Gasteiger partial charge in [0.05, 0.1) is 19.1 Å². The Morgan fingerprint density at radius 2 is 2.04 bits per heavy atom. The van der Waals surface area contributed by atoms with Gasteiger partial charge in [0.25, 0.3) is 5.91 Å². The first-order valence-corrected chi connectivity index (χ1v) is 9.14. The summed E-state index contributed by atoms with van der Waals surface area (Å²) in [5, 5.41) is 19.6. The predicted molar refractivity (Wildman–Crippen MR) is 100 cm³/mol. The van der Waals surface area contributed by atoms with Crippen LogP contribution in [0.15, 0.2) is 81.4 Å². The highest BCUT2D eigenvalue weighted by Crippen LogP contribution is 2.32. The molecular formula is C20H16N2O4S. The molecule has 0 aliphatic rings. The average molecular weight is 380 g/mol. The summed E-state index contributed by atoms with van der Waals surface area (Å²) in [6.45, 7) is -0.0284. The molecule has 6 nitrogen and oxygen atoms in total. The van der Waals surface area contributed by atoms with E-state index in [0.717, 1.165) is 5.56 Å². The molecule has 4 rings (SSSR count). The summed E-state index contributed by atoms with van der Waals surface area (Å²) < 4.78 is 10.4. The second kappa shape index (κ2) is 7.22. The highest BCUT2D eigenvalue weighted by molar-refractivity contribution is 7.10. The number of thiophene rings is 1. The Hall–Kier alpha value is -3.16. The molecule has 0 saturated heterocycles. The number of hydrogen-bond acceptors (Lipinski definition) is 6. The second-order valence-corrected chi connectivity index (χ2v) is 6.92. The molecule has 0 aliphatic carbocycles. The van der Waals surface area contributed by atoms with Crippen LogP contribution in [0.25, 0.3) is 11.3 Å². The molecule has 0 bridgehead atoms. The van der Waals surface area contributed by atoms with Crippen LogP contribution in [-0.4, -0.2) is 22.7 Å². The summed E-state index contributed by atoms with van der Waals surface area (Å²) in [6.07, 6.45) is 2.95. The Kier molecular flexibility index (Phi) is 4.62. The van der Waals surface area contributed by atoms with Crippen molar-refractivity contribution in [2.45, 2.75) is 5.60 Å². The fourth-order valence-corrected chi connectivity index (χ4v) is 3.61. The standard InChI is InChI=1S/C20H16N2O4S/c23-19(16-11-17(26-22-16)14-5-2-1-3-6-14)21-13-20(24,15-8-9-25-12-15)18-7-4-10-27-18/h1-12,24H,13H2,(H,21,23). The lowest BCUT2D eigenvalue weighted by Crippen LogP contribution is -2.41.